The van der Waals surface area contributed by atoms with Crippen molar-refractivity contribution in [3.8, 4) is 11.5 Å². The van der Waals surface area contributed by atoms with E-state index in [0.717, 1.165) is 17.1 Å². The van der Waals surface area contributed by atoms with Crippen LogP contribution in [0.3, 0.4) is 0 Å². The van der Waals surface area contributed by atoms with Gasteiger partial charge >= 0.3 is 0 Å². The van der Waals surface area contributed by atoms with Crippen LogP contribution in [0.5, 0.6) is 11.5 Å². The number of fused-ring (bicyclic) bond motifs is 1. The summed E-state index contributed by atoms with van der Waals surface area (Å²) in [5.41, 5.74) is 6.37. The van der Waals surface area contributed by atoms with Crippen LogP contribution in [0.2, 0.25) is 0 Å². The van der Waals surface area contributed by atoms with Gasteiger partial charge in [0, 0.05) is 5.92 Å². The van der Waals surface area contributed by atoms with E-state index in [1.54, 1.807) is 0 Å². The van der Waals surface area contributed by atoms with Crippen molar-refractivity contribution in [1.82, 2.24) is 0 Å². The van der Waals surface area contributed by atoms with Gasteiger partial charge in [-0.05, 0) is 17.7 Å². The van der Waals surface area contributed by atoms with Crippen LogP contribution in [-0.4, -0.2) is 19.2 Å². The molecular weight excluding hydrogens is 220 g/mol. The van der Waals surface area contributed by atoms with E-state index in [1.807, 2.05) is 25.1 Å². The van der Waals surface area contributed by atoms with Gasteiger partial charge in [0.15, 0.2) is 11.5 Å². The van der Waals surface area contributed by atoms with Gasteiger partial charge in [-0.1, -0.05) is 13.0 Å². The van der Waals surface area contributed by atoms with E-state index in [9.17, 15) is 0 Å². The van der Waals surface area contributed by atoms with Gasteiger partial charge in [-0.3, -0.25) is 5.41 Å². The minimum absolute atomic E-state index is 0.0518. The summed E-state index contributed by atoms with van der Waals surface area (Å²) in [4.78, 5) is 0. The van der Waals surface area contributed by atoms with Gasteiger partial charge in [-0.25, -0.2) is 0 Å². The largest absolute Gasteiger partial charge is 0.454 e. The van der Waals surface area contributed by atoms with Crippen LogP contribution in [0.1, 0.15) is 12.5 Å². The van der Waals surface area contributed by atoms with Crippen LogP contribution in [-0.2, 0) is 11.3 Å². The Morgan fingerprint density at radius 2 is 2.24 bits per heavy atom. The zero-order valence-corrected chi connectivity index (χ0v) is 9.73. The zero-order valence-electron chi connectivity index (χ0n) is 9.73. The highest BCUT2D eigenvalue weighted by Crippen LogP contribution is 2.32. The highest BCUT2D eigenvalue weighted by molar-refractivity contribution is 5.79. The lowest BCUT2D eigenvalue weighted by molar-refractivity contribution is 0.107. The monoisotopic (exact) mass is 236 g/mol. The first-order chi connectivity index (χ1) is 8.16. The molecule has 5 nitrogen and oxygen atoms in total. The standard InChI is InChI=1S/C12H16N2O3/c1-8(12(13)14)5-15-6-9-2-3-10-11(4-9)17-7-16-10/h2-4,8H,5-7H2,1H3,(H3,13,14). The van der Waals surface area contributed by atoms with E-state index in [-0.39, 0.29) is 18.5 Å². The predicted octanol–water partition coefficient (Wildman–Crippen LogP) is 1.50. The van der Waals surface area contributed by atoms with Crippen LogP contribution in [0, 0.1) is 11.3 Å². The summed E-state index contributed by atoms with van der Waals surface area (Å²) in [7, 11) is 0. The first-order valence-corrected chi connectivity index (χ1v) is 5.47. The lowest BCUT2D eigenvalue weighted by atomic mass is 10.2. The topological polar surface area (TPSA) is 77.6 Å². The molecule has 0 bridgehead atoms. The molecule has 0 radical (unpaired) electrons. The molecule has 17 heavy (non-hydrogen) atoms. The van der Waals surface area contributed by atoms with Crippen LogP contribution in [0.25, 0.3) is 0 Å². The van der Waals surface area contributed by atoms with Crippen molar-refractivity contribution in [1.29, 1.82) is 5.41 Å². The molecule has 2 rings (SSSR count). The molecule has 0 saturated carbocycles. The van der Waals surface area contributed by atoms with E-state index < -0.39 is 0 Å². The molecule has 0 saturated heterocycles. The van der Waals surface area contributed by atoms with E-state index in [4.69, 9.17) is 25.4 Å². The Morgan fingerprint density at radius 3 is 3.00 bits per heavy atom. The number of rotatable bonds is 5. The summed E-state index contributed by atoms with van der Waals surface area (Å²) in [5.74, 6) is 1.62. The fourth-order valence-corrected chi connectivity index (χ4v) is 1.47. The average Bonchev–Trinajstić information content (AvgIpc) is 2.75. The minimum atomic E-state index is -0.0518. The van der Waals surface area contributed by atoms with Gasteiger partial charge in [0.1, 0.15) is 0 Å². The van der Waals surface area contributed by atoms with E-state index in [2.05, 4.69) is 0 Å². The Morgan fingerprint density at radius 1 is 1.47 bits per heavy atom. The van der Waals surface area contributed by atoms with E-state index in [1.165, 1.54) is 0 Å². The van der Waals surface area contributed by atoms with Crippen LogP contribution in [0.15, 0.2) is 18.2 Å². The number of hydrogen-bond donors (Lipinski definition) is 2. The molecule has 0 amide bonds. The number of ether oxygens (including phenoxy) is 3. The van der Waals surface area contributed by atoms with Crippen molar-refractivity contribution in [2.45, 2.75) is 13.5 Å². The second-order valence-electron chi connectivity index (χ2n) is 4.06. The maximum absolute atomic E-state index is 7.24. The third-order valence-corrected chi connectivity index (χ3v) is 2.60. The Balaban J connectivity index is 1.85. The third kappa shape index (κ3) is 2.88. The molecule has 5 heteroatoms. The van der Waals surface area contributed by atoms with Gasteiger partial charge in [0.2, 0.25) is 6.79 Å². The van der Waals surface area contributed by atoms with Crippen molar-refractivity contribution in [3.05, 3.63) is 23.8 Å². The molecule has 1 heterocycles. The van der Waals surface area contributed by atoms with E-state index >= 15 is 0 Å². The van der Waals surface area contributed by atoms with Gasteiger partial charge in [-0.2, -0.15) is 0 Å². The van der Waals surface area contributed by atoms with Crippen molar-refractivity contribution in [2.75, 3.05) is 13.4 Å². The Kier molecular flexibility index (Phi) is 3.49. The fourth-order valence-electron chi connectivity index (χ4n) is 1.47. The Hall–Kier alpha value is -1.75. The van der Waals surface area contributed by atoms with Crippen molar-refractivity contribution >= 4 is 5.84 Å². The lowest BCUT2D eigenvalue weighted by Gasteiger charge is -2.10. The normalized spacial score (nSPS) is 14.6. The van der Waals surface area contributed by atoms with Crippen molar-refractivity contribution in [3.63, 3.8) is 0 Å². The smallest absolute Gasteiger partial charge is 0.231 e. The van der Waals surface area contributed by atoms with Gasteiger partial charge in [0.05, 0.1) is 19.0 Å². The molecule has 1 unspecified atom stereocenters. The number of amidine groups is 1. The summed E-state index contributed by atoms with van der Waals surface area (Å²) < 4.78 is 16.0. The molecule has 1 aliphatic rings. The number of hydrogen-bond acceptors (Lipinski definition) is 4. The molecule has 0 aromatic heterocycles. The first-order valence-electron chi connectivity index (χ1n) is 5.47. The highest BCUT2D eigenvalue weighted by Gasteiger charge is 2.13. The van der Waals surface area contributed by atoms with Gasteiger partial charge in [-0.15, -0.1) is 0 Å². The molecule has 1 aromatic carbocycles. The van der Waals surface area contributed by atoms with E-state index in [0.29, 0.717) is 13.2 Å². The number of nitrogens with two attached hydrogens (primary N) is 1. The molecule has 0 fully saturated rings. The molecule has 0 spiro atoms. The quantitative estimate of drug-likeness (QED) is 0.600. The van der Waals surface area contributed by atoms with Crippen LogP contribution >= 0.6 is 0 Å². The Bertz CT molecular complexity index is 420. The number of benzene rings is 1. The number of nitrogens with one attached hydrogen (secondary N) is 1. The molecule has 0 aliphatic carbocycles. The Labute approximate surface area is 100.0 Å². The maximum Gasteiger partial charge on any atom is 0.231 e. The zero-order chi connectivity index (χ0) is 12.3. The molecule has 1 aromatic rings. The molecule has 3 N–H and O–H groups in total. The molecule has 1 atom stereocenters. The summed E-state index contributed by atoms with van der Waals surface area (Å²) in [6.45, 7) is 3.07. The molecule has 92 valence electrons. The molecular formula is C12H16N2O3. The summed E-state index contributed by atoms with van der Waals surface area (Å²) in [6.07, 6.45) is 0. The van der Waals surface area contributed by atoms with Crippen LogP contribution in [0.4, 0.5) is 0 Å². The fraction of sp³-hybridized carbons (Fsp3) is 0.417. The summed E-state index contributed by atoms with van der Waals surface area (Å²) >= 11 is 0. The molecule has 1 aliphatic heterocycles. The summed E-state index contributed by atoms with van der Waals surface area (Å²) in [6, 6.07) is 5.71. The van der Waals surface area contributed by atoms with Crippen molar-refractivity contribution < 1.29 is 14.2 Å². The van der Waals surface area contributed by atoms with Crippen molar-refractivity contribution in [2.24, 2.45) is 11.7 Å². The maximum atomic E-state index is 7.24. The highest BCUT2D eigenvalue weighted by atomic mass is 16.7. The predicted molar refractivity (Wildman–Crippen MR) is 63.3 cm³/mol. The average molecular weight is 236 g/mol. The SMILES string of the molecule is CC(COCc1ccc2c(c1)OCO2)C(=N)N. The van der Waals surface area contributed by atoms with Crippen LogP contribution < -0.4 is 15.2 Å². The summed E-state index contributed by atoms with van der Waals surface area (Å²) in [5, 5.41) is 7.24. The van der Waals surface area contributed by atoms with Gasteiger partial charge < -0.3 is 19.9 Å². The second-order valence-corrected chi connectivity index (χ2v) is 4.06. The minimum Gasteiger partial charge on any atom is -0.454 e. The lowest BCUT2D eigenvalue weighted by Crippen LogP contribution is -2.23. The third-order valence-electron chi connectivity index (χ3n) is 2.60. The van der Waals surface area contributed by atoms with Gasteiger partial charge in [0.25, 0.3) is 0 Å². The first kappa shape index (κ1) is 11.7. The second kappa shape index (κ2) is 5.05.